The molecule has 0 aliphatic rings. The number of rotatable bonds is 3. The van der Waals surface area contributed by atoms with E-state index >= 15 is 0 Å². The van der Waals surface area contributed by atoms with Crippen molar-refractivity contribution in [1.29, 1.82) is 0 Å². The molecule has 0 fully saturated rings. The molecule has 0 unspecified atom stereocenters. The molecule has 0 amide bonds. The maximum Gasteiger partial charge on any atom is 0.341 e. The zero-order valence-electron chi connectivity index (χ0n) is 7.53. The summed E-state index contributed by atoms with van der Waals surface area (Å²) in [6.07, 6.45) is 0. The number of aromatic amines is 1. The number of hydrogen-bond acceptors (Lipinski definition) is 3. The Morgan fingerprint density at radius 3 is 3.13 bits per heavy atom. The third-order valence-corrected chi connectivity index (χ3v) is 2.51. The third kappa shape index (κ3) is 1.94. The minimum Gasteiger partial charge on any atom is -0.479 e. The van der Waals surface area contributed by atoms with Gasteiger partial charge in [0.2, 0.25) is 5.88 Å². The Bertz CT molecular complexity index is 509. The van der Waals surface area contributed by atoms with Crippen LogP contribution in [0.2, 0.25) is 0 Å². The monoisotopic (exact) mass is 270 g/mol. The summed E-state index contributed by atoms with van der Waals surface area (Å²) in [4.78, 5) is 10.3. The Morgan fingerprint density at radius 2 is 2.40 bits per heavy atom. The van der Waals surface area contributed by atoms with Crippen molar-refractivity contribution < 1.29 is 14.6 Å². The first-order chi connectivity index (χ1) is 7.18. The summed E-state index contributed by atoms with van der Waals surface area (Å²) in [7, 11) is 0. The van der Waals surface area contributed by atoms with Crippen LogP contribution in [0.4, 0.5) is 0 Å². The highest BCUT2D eigenvalue weighted by molar-refractivity contribution is 9.10. The van der Waals surface area contributed by atoms with Gasteiger partial charge in [0, 0.05) is 4.47 Å². The number of fused-ring (bicyclic) bond motifs is 1. The molecule has 0 radical (unpaired) electrons. The van der Waals surface area contributed by atoms with Crippen LogP contribution in [0.1, 0.15) is 0 Å². The summed E-state index contributed by atoms with van der Waals surface area (Å²) < 4.78 is 5.87. The van der Waals surface area contributed by atoms with E-state index in [-0.39, 0.29) is 0 Å². The number of para-hydroxylation sites is 1. The first-order valence-electron chi connectivity index (χ1n) is 4.15. The fraction of sp³-hybridized carbons (Fsp3) is 0.111. The molecule has 0 saturated carbocycles. The van der Waals surface area contributed by atoms with E-state index in [0.29, 0.717) is 5.88 Å². The number of benzene rings is 1. The van der Waals surface area contributed by atoms with Crippen molar-refractivity contribution in [2.75, 3.05) is 6.61 Å². The largest absolute Gasteiger partial charge is 0.479 e. The van der Waals surface area contributed by atoms with Crippen molar-refractivity contribution in [3.05, 3.63) is 22.7 Å². The number of aromatic nitrogens is 2. The van der Waals surface area contributed by atoms with Gasteiger partial charge in [0.25, 0.3) is 0 Å². The summed E-state index contributed by atoms with van der Waals surface area (Å²) >= 11 is 3.35. The van der Waals surface area contributed by atoms with Crippen LogP contribution in [0, 0.1) is 0 Å². The number of H-pyrrole nitrogens is 1. The standard InChI is InChI=1S/C9H7BrN2O3/c10-6-3-1-2-5-8(6)11-12-9(5)15-4-7(13)14/h1-3H,4H2,(H,11,12)(H,13,14). The second kappa shape index (κ2) is 3.90. The second-order valence-electron chi connectivity index (χ2n) is 2.87. The zero-order valence-corrected chi connectivity index (χ0v) is 9.11. The van der Waals surface area contributed by atoms with Gasteiger partial charge in [0.15, 0.2) is 6.61 Å². The minimum atomic E-state index is -1.03. The summed E-state index contributed by atoms with van der Waals surface area (Å²) in [5.74, 6) is -0.727. The predicted octanol–water partition coefficient (Wildman–Crippen LogP) is 1.79. The molecule has 1 aromatic heterocycles. The summed E-state index contributed by atoms with van der Waals surface area (Å²) in [6, 6.07) is 5.50. The lowest BCUT2D eigenvalue weighted by Crippen LogP contribution is -2.09. The average molecular weight is 271 g/mol. The van der Waals surface area contributed by atoms with Gasteiger partial charge in [-0.15, -0.1) is 5.10 Å². The summed E-state index contributed by atoms with van der Waals surface area (Å²) in [5, 5.41) is 15.9. The Hall–Kier alpha value is -1.56. The van der Waals surface area contributed by atoms with Gasteiger partial charge in [-0.25, -0.2) is 4.79 Å². The van der Waals surface area contributed by atoms with Crippen LogP contribution < -0.4 is 4.74 Å². The van der Waals surface area contributed by atoms with Crippen molar-refractivity contribution in [3.8, 4) is 5.88 Å². The highest BCUT2D eigenvalue weighted by atomic mass is 79.9. The average Bonchev–Trinajstić information content (AvgIpc) is 2.59. The molecule has 2 rings (SSSR count). The molecular formula is C9H7BrN2O3. The van der Waals surface area contributed by atoms with Gasteiger partial charge in [-0.1, -0.05) is 6.07 Å². The van der Waals surface area contributed by atoms with Gasteiger partial charge in [0.05, 0.1) is 10.9 Å². The molecule has 0 aliphatic carbocycles. The van der Waals surface area contributed by atoms with Crippen molar-refractivity contribution >= 4 is 32.8 Å². The Labute approximate surface area is 93.2 Å². The molecular weight excluding hydrogens is 264 g/mol. The predicted molar refractivity (Wildman–Crippen MR) is 56.9 cm³/mol. The first kappa shape index (κ1) is 9.97. The van der Waals surface area contributed by atoms with Crippen molar-refractivity contribution in [2.24, 2.45) is 0 Å². The molecule has 2 aromatic rings. The highest BCUT2D eigenvalue weighted by Crippen LogP contribution is 2.27. The molecule has 0 spiro atoms. The molecule has 78 valence electrons. The molecule has 1 aromatic carbocycles. The summed E-state index contributed by atoms with van der Waals surface area (Å²) in [5.41, 5.74) is 0.790. The molecule has 1 heterocycles. The molecule has 0 atom stereocenters. The Morgan fingerprint density at radius 1 is 1.60 bits per heavy atom. The maximum atomic E-state index is 10.3. The van der Waals surface area contributed by atoms with Gasteiger partial charge in [-0.2, -0.15) is 0 Å². The zero-order chi connectivity index (χ0) is 10.8. The number of carbonyl (C=O) groups is 1. The van der Waals surface area contributed by atoms with E-state index in [1.54, 1.807) is 6.07 Å². The highest BCUT2D eigenvalue weighted by Gasteiger charge is 2.09. The van der Waals surface area contributed by atoms with Gasteiger partial charge >= 0.3 is 5.97 Å². The number of halogens is 1. The number of hydrogen-bond donors (Lipinski definition) is 2. The lowest BCUT2D eigenvalue weighted by Gasteiger charge is -1.98. The van der Waals surface area contributed by atoms with E-state index in [1.165, 1.54) is 0 Å². The van der Waals surface area contributed by atoms with E-state index in [2.05, 4.69) is 26.1 Å². The van der Waals surface area contributed by atoms with Crippen LogP contribution in [-0.2, 0) is 4.79 Å². The second-order valence-corrected chi connectivity index (χ2v) is 3.73. The SMILES string of the molecule is O=C(O)COc1n[nH]c2c(Br)cccc12. The maximum absolute atomic E-state index is 10.3. The molecule has 15 heavy (non-hydrogen) atoms. The number of aliphatic carboxylic acids is 1. The molecule has 0 bridgehead atoms. The lowest BCUT2D eigenvalue weighted by molar-refractivity contribution is -0.139. The van der Waals surface area contributed by atoms with E-state index < -0.39 is 12.6 Å². The number of ether oxygens (including phenoxy) is 1. The van der Waals surface area contributed by atoms with E-state index in [4.69, 9.17) is 9.84 Å². The molecule has 0 saturated heterocycles. The third-order valence-electron chi connectivity index (χ3n) is 1.85. The van der Waals surface area contributed by atoms with Gasteiger partial charge in [-0.3, -0.25) is 5.10 Å². The van der Waals surface area contributed by atoms with Crippen molar-refractivity contribution in [1.82, 2.24) is 10.2 Å². The van der Waals surface area contributed by atoms with E-state index in [9.17, 15) is 4.79 Å². The van der Waals surface area contributed by atoms with Gasteiger partial charge in [-0.05, 0) is 28.1 Å². The van der Waals surface area contributed by atoms with Crippen LogP contribution in [0.3, 0.4) is 0 Å². The number of carboxylic acid groups (broad SMARTS) is 1. The minimum absolute atomic E-state index is 0.300. The summed E-state index contributed by atoms with van der Waals surface area (Å²) in [6.45, 7) is -0.396. The molecule has 5 nitrogen and oxygen atoms in total. The van der Waals surface area contributed by atoms with Crippen molar-refractivity contribution in [3.63, 3.8) is 0 Å². The van der Waals surface area contributed by atoms with E-state index in [1.807, 2.05) is 12.1 Å². The number of nitrogens with one attached hydrogen (secondary N) is 1. The lowest BCUT2D eigenvalue weighted by atomic mass is 10.2. The van der Waals surface area contributed by atoms with Gasteiger partial charge in [0.1, 0.15) is 0 Å². The fourth-order valence-electron chi connectivity index (χ4n) is 1.22. The quantitative estimate of drug-likeness (QED) is 0.892. The van der Waals surface area contributed by atoms with Gasteiger partial charge < -0.3 is 9.84 Å². The smallest absolute Gasteiger partial charge is 0.341 e. The molecule has 6 heteroatoms. The van der Waals surface area contributed by atoms with Crippen LogP contribution >= 0.6 is 15.9 Å². The Balaban J connectivity index is 2.37. The normalized spacial score (nSPS) is 10.5. The topological polar surface area (TPSA) is 75.2 Å². The number of carboxylic acids is 1. The molecule has 0 aliphatic heterocycles. The van der Waals surface area contributed by atoms with Crippen LogP contribution in [-0.4, -0.2) is 27.9 Å². The number of nitrogens with zero attached hydrogens (tertiary/aromatic N) is 1. The van der Waals surface area contributed by atoms with Crippen LogP contribution in [0.25, 0.3) is 10.9 Å². The van der Waals surface area contributed by atoms with E-state index in [0.717, 1.165) is 15.4 Å². The molecule has 2 N–H and O–H groups in total. The first-order valence-corrected chi connectivity index (χ1v) is 4.95. The van der Waals surface area contributed by atoms with Crippen molar-refractivity contribution in [2.45, 2.75) is 0 Å². The van der Waals surface area contributed by atoms with Crippen LogP contribution in [0.5, 0.6) is 5.88 Å². The fourth-order valence-corrected chi connectivity index (χ4v) is 1.68. The van der Waals surface area contributed by atoms with Crippen LogP contribution in [0.15, 0.2) is 22.7 Å². The Kier molecular flexibility index (Phi) is 2.59.